The van der Waals surface area contributed by atoms with E-state index in [1.165, 1.54) is 6.92 Å². The van der Waals surface area contributed by atoms with E-state index >= 15 is 0 Å². The lowest BCUT2D eigenvalue weighted by atomic mass is 10.4. The first kappa shape index (κ1) is 10.8. The summed E-state index contributed by atoms with van der Waals surface area (Å²) in [6.45, 7) is 3.68. The van der Waals surface area contributed by atoms with E-state index in [1.54, 1.807) is 6.92 Å². The van der Waals surface area contributed by atoms with Crippen LogP contribution in [0.15, 0.2) is 0 Å². The standard InChI is InChI=1S/C6H16N2O3/c1-3-11-4-6(7,10)8-5(2)9/h5,8-10H,3-4,7H2,1-2H3. The van der Waals surface area contributed by atoms with Gasteiger partial charge in [0.05, 0.1) is 0 Å². The molecular formula is C6H16N2O3. The summed E-state index contributed by atoms with van der Waals surface area (Å²) in [6, 6.07) is 0. The van der Waals surface area contributed by atoms with Crippen molar-refractivity contribution in [3.05, 3.63) is 0 Å². The van der Waals surface area contributed by atoms with Crippen LogP contribution in [0.25, 0.3) is 0 Å². The van der Waals surface area contributed by atoms with Gasteiger partial charge in [0.2, 0.25) is 0 Å². The van der Waals surface area contributed by atoms with Crippen LogP contribution in [0.3, 0.4) is 0 Å². The average molecular weight is 164 g/mol. The molecule has 0 aromatic heterocycles. The van der Waals surface area contributed by atoms with E-state index in [9.17, 15) is 5.11 Å². The molecule has 0 heterocycles. The van der Waals surface area contributed by atoms with Crippen molar-refractivity contribution in [1.29, 1.82) is 0 Å². The second-order valence-electron chi connectivity index (χ2n) is 2.38. The highest BCUT2D eigenvalue weighted by Crippen LogP contribution is 1.92. The summed E-state index contributed by atoms with van der Waals surface area (Å²) >= 11 is 0. The fourth-order valence-corrected chi connectivity index (χ4v) is 0.661. The molecule has 0 bridgehead atoms. The van der Waals surface area contributed by atoms with Gasteiger partial charge in [0.15, 0.2) is 5.85 Å². The van der Waals surface area contributed by atoms with Crippen LogP contribution in [-0.2, 0) is 4.74 Å². The van der Waals surface area contributed by atoms with Gasteiger partial charge >= 0.3 is 0 Å². The molecule has 68 valence electrons. The zero-order chi connectivity index (χ0) is 8.91. The van der Waals surface area contributed by atoms with E-state index in [0.717, 1.165) is 0 Å². The van der Waals surface area contributed by atoms with Gasteiger partial charge in [-0.25, -0.2) is 5.32 Å². The minimum Gasteiger partial charge on any atom is -0.379 e. The van der Waals surface area contributed by atoms with E-state index in [2.05, 4.69) is 5.32 Å². The third-order valence-electron chi connectivity index (χ3n) is 0.985. The normalized spacial score (nSPS) is 19.4. The van der Waals surface area contributed by atoms with E-state index in [4.69, 9.17) is 15.6 Å². The molecule has 5 N–H and O–H groups in total. The molecule has 11 heavy (non-hydrogen) atoms. The van der Waals surface area contributed by atoms with Gasteiger partial charge in [-0.15, -0.1) is 0 Å². The van der Waals surface area contributed by atoms with Gasteiger partial charge in [0, 0.05) is 6.61 Å². The van der Waals surface area contributed by atoms with Crippen LogP contribution < -0.4 is 11.1 Å². The molecule has 0 radical (unpaired) electrons. The van der Waals surface area contributed by atoms with Crippen molar-refractivity contribution in [3.63, 3.8) is 0 Å². The maximum atomic E-state index is 9.20. The molecule has 5 heteroatoms. The van der Waals surface area contributed by atoms with Gasteiger partial charge in [0.1, 0.15) is 12.8 Å². The summed E-state index contributed by atoms with van der Waals surface area (Å²) in [6.07, 6.45) is -0.856. The van der Waals surface area contributed by atoms with Gasteiger partial charge in [-0.2, -0.15) is 0 Å². The molecule has 0 aromatic rings. The quantitative estimate of drug-likeness (QED) is 0.374. The fraction of sp³-hybridized carbons (Fsp3) is 1.00. The Morgan fingerprint density at radius 3 is 2.64 bits per heavy atom. The summed E-state index contributed by atoms with van der Waals surface area (Å²) in [5.74, 6) is -1.65. The number of rotatable bonds is 5. The van der Waals surface area contributed by atoms with Crippen molar-refractivity contribution >= 4 is 0 Å². The van der Waals surface area contributed by atoms with Crippen molar-refractivity contribution < 1.29 is 14.9 Å². The number of ether oxygens (including phenoxy) is 1. The van der Waals surface area contributed by atoms with Crippen molar-refractivity contribution in [2.45, 2.75) is 25.9 Å². The van der Waals surface area contributed by atoms with Crippen LogP contribution in [0, 0.1) is 0 Å². The lowest BCUT2D eigenvalue weighted by Gasteiger charge is -2.25. The Morgan fingerprint density at radius 1 is 1.73 bits per heavy atom. The van der Waals surface area contributed by atoms with Crippen molar-refractivity contribution in [1.82, 2.24) is 5.32 Å². The Hall–Kier alpha value is -0.200. The van der Waals surface area contributed by atoms with Crippen LogP contribution in [-0.4, -0.2) is 35.5 Å². The zero-order valence-electron chi connectivity index (χ0n) is 6.87. The maximum Gasteiger partial charge on any atom is 0.195 e. The fourth-order valence-electron chi connectivity index (χ4n) is 0.661. The van der Waals surface area contributed by atoms with Crippen LogP contribution in [0.1, 0.15) is 13.8 Å². The van der Waals surface area contributed by atoms with E-state index < -0.39 is 12.1 Å². The molecule has 5 nitrogen and oxygen atoms in total. The second-order valence-corrected chi connectivity index (χ2v) is 2.38. The third kappa shape index (κ3) is 6.21. The largest absolute Gasteiger partial charge is 0.379 e. The van der Waals surface area contributed by atoms with Gasteiger partial charge in [-0.1, -0.05) is 0 Å². The van der Waals surface area contributed by atoms with Crippen molar-refractivity contribution in [2.24, 2.45) is 5.73 Å². The average Bonchev–Trinajstić information content (AvgIpc) is 1.81. The molecular weight excluding hydrogens is 148 g/mol. The first-order valence-corrected chi connectivity index (χ1v) is 3.52. The highest BCUT2D eigenvalue weighted by atomic mass is 16.5. The molecule has 0 aliphatic rings. The number of aliphatic hydroxyl groups is 2. The van der Waals surface area contributed by atoms with E-state index in [1.807, 2.05) is 0 Å². The highest BCUT2D eigenvalue weighted by molar-refractivity contribution is 4.66. The van der Waals surface area contributed by atoms with Crippen LogP contribution in [0.4, 0.5) is 0 Å². The molecule has 0 aromatic carbocycles. The summed E-state index contributed by atoms with van der Waals surface area (Å²) in [7, 11) is 0. The molecule has 0 amide bonds. The molecule has 2 atom stereocenters. The lowest BCUT2D eigenvalue weighted by Crippen LogP contribution is -2.59. The third-order valence-corrected chi connectivity index (χ3v) is 0.985. The molecule has 0 aliphatic heterocycles. The van der Waals surface area contributed by atoms with Gasteiger partial charge in [-0.05, 0) is 13.8 Å². The molecule has 0 saturated heterocycles. The van der Waals surface area contributed by atoms with Crippen molar-refractivity contribution in [2.75, 3.05) is 13.2 Å². The minimum atomic E-state index is -1.65. The lowest BCUT2D eigenvalue weighted by molar-refractivity contribution is -0.0901. The SMILES string of the molecule is CCOCC(N)(O)NC(C)O. The first-order valence-electron chi connectivity index (χ1n) is 3.52. The topological polar surface area (TPSA) is 87.7 Å². The maximum absolute atomic E-state index is 9.20. The van der Waals surface area contributed by atoms with Crippen molar-refractivity contribution in [3.8, 4) is 0 Å². The summed E-state index contributed by atoms with van der Waals surface area (Å²) < 4.78 is 4.85. The Bertz CT molecular complexity index is 106. The van der Waals surface area contributed by atoms with E-state index in [-0.39, 0.29) is 6.61 Å². The summed E-state index contributed by atoms with van der Waals surface area (Å²) in [5.41, 5.74) is 5.26. The molecule has 0 aliphatic carbocycles. The Kier molecular flexibility index (Phi) is 4.55. The molecule has 2 unspecified atom stereocenters. The molecule has 0 rings (SSSR count). The monoisotopic (exact) mass is 164 g/mol. The predicted octanol–water partition coefficient (Wildman–Crippen LogP) is -1.44. The van der Waals surface area contributed by atoms with Crippen LogP contribution in [0.2, 0.25) is 0 Å². The van der Waals surface area contributed by atoms with Crippen LogP contribution in [0.5, 0.6) is 0 Å². The first-order chi connectivity index (χ1) is 4.98. The number of hydrogen-bond acceptors (Lipinski definition) is 5. The number of aliphatic hydroxyl groups excluding tert-OH is 1. The summed E-state index contributed by atoms with van der Waals surface area (Å²) in [4.78, 5) is 0. The zero-order valence-corrected chi connectivity index (χ0v) is 6.87. The van der Waals surface area contributed by atoms with E-state index in [0.29, 0.717) is 6.61 Å². The highest BCUT2D eigenvalue weighted by Gasteiger charge is 2.21. The van der Waals surface area contributed by atoms with Gasteiger partial charge < -0.3 is 14.9 Å². The second kappa shape index (κ2) is 4.63. The molecule has 0 spiro atoms. The Labute approximate surface area is 66.2 Å². The van der Waals surface area contributed by atoms with Gasteiger partial charge in [-0.3, -0.25) is 5.73 Å². The van der Waals surface area contributed by atoms with Crippen LogP contribution >= 0.6 is 0 Å². The number of hydrogen-bond donors (Lipinski definition) is 4. The predicted molar refractivity (Wildman–Crippen MR) is 40.4 cm³/mol. The number of nitrogens with one attached hydrogen (secondary N) is 1. The smallest absolute Gasteiger partial charge is 0.195 e. The van der Waals surface area contributed by atoms with Gasteiger partial charge in [0.25, 0.3) is 0 Å². The summed E-state index contributed by atoms with van der Waals surface area (Å²) in [5, 5.41) is 20.3. The molecule has 0 saturated carbocycles. The minimum absolute atomic E-state index is 0.0472. The number of nitrogens with two attached hydrogens (primary N) is 1. The Morgan fingerprint density at radius 2 is 2.27 bits per heavy atom. The molecule has 0 fully saturated rings. The Balaban J connectivity index is 3.61.